The molecule has 1 amide bonds. The number of nitrogens with one attached hydrogen (secondary N) is 1. The maximum absolute atomic E-state index is 13.6. The topological polar surface area (TPSA) is 86.4 Å². The second-order valence-electron chi connectivity index (χ2n) is 9.40. The van der Waals surface area contributed by atoms with Crippen LogP contribution in [0.25, 0.3) is 34.0 Å². The summed E-state index contributed by atoms with van der Waals surface area (Å²) in [5, 5.41) is 8.14. The van der Waals surface area contributed by atoms with E-state index in [1.54, 1.807) is 84.7 Å². The lowest BCUT2D eigenvalue weighted by Gasteiger charge is -2.05. The standard InChI is InChI=1S/C34H24FN3O4/c1-41-27-18-13-23(14-19-27)33(40)34-32(28-9-5-6-10-29(28)42-34)36-30(39)20-15-24-21-38(26-7-3-2-4-8-26)37-31(24)22-11-16-25(35)17-12-22/h2-21H,1H3,(H,36,39). The van der Waals surface area contributed by atoms with E-state index in [1.807, 2.05) is 30.3 Å². The number of hydrogen-bond donors (Lipinski definition) is 1. The van der Waals surface area contributed by atoms with E-state index in [0.717, 1.165) is 5.69 Å². The van der Waals surface area contributed by atoms with Crippen molar-refractivity contribution >= 4 is 34.4 Å². The first-order valence-corrected chi connectivity index (χ1v) is 13.1. The normalized spacial score (nSPS) is 11.2. The Labute approximate surface area is 240 Å². The summed E-state index contributed by atoms with van der Waals surface area (Å²) in [5.41, 5.74) is 3.88. The third-order valence-corrected chi connectivity index (χ3v) is 6.70. The minimum Gasteiger partial charge on any atom is -0.497 e. The van der Waals surface area contributed by atoms with Gasteiger partial charge in [0, 0.05) is 34.3 Å². The summed E-state index contributed by atoms with van der Waals surface area (Å²) in [5.74, 6) is -0.568. The quantitative estimate of drug-likeness (QED) is 0.157. The first-order valence-electron chi connectivity index (χ1n) is 13.1. The monoisotopic (exact) mass is 557 g/mol. The number of aromatic nitrogens is 2. The van der Waals surface area contributed by atoms with Crippen LogP contribution in [0.3, 0.4) is 0 Å². The van der Waals surface area contributed by atoms with Gasteiger partial charge in [-0.25, -0.2) is 9.07 Å². The molecule has 8 heteroatoms. The van der Waals surface area contributed by atoms with Crippen LogP contribution in [-0.4, -0.2) is 28.6 Å². The van der Waals surface area contributed by atoms with Gasteiger partial charge in [0.05, 0.1) is 24.2 Å². The van der Waals surface area contributed by atoms with Crippen molar-refractivity contribution in [1.82, 2.24) is 9.78 Å². The Morgan fingerprint density at radius 1 is 0.905 bits per heavy atom. The fraction of sp³-hybridized carbons (Fsp3) is 0.0294. The number of methoxy groups -OCH3 is 1. The predicted molar refractivity (Wildman–Crippen MR) is 159 cm³/mol. The maximum Gasteiger partial charge on any atom is 0.248 e. The number of ether oxygens (including phenoxy) is 1. The minimum atomic E-state index is -0.470. The molecule has 0 aliphatic carbocycles. The molecule has 0 radical (unpaired) electrons. The summed E-state index contributed by atoms with van der Waals surface area (Å²) < 4.78 is 26.4. The number of halogens is 1. The fourth-order valence-corrected chi connectivity index (χ4v) is 4.59. The average molecular weight is 558 g/mol. The molecule has 0 unspecified atom stereocenters. The Morgan fingerprint density at radius 2 is 1.62 bits per heavy atom. The molecular formula is C34H24FN3O4. The van der Waals surface area contributed by atoms with Crippen LogP contribution in [-0.2, 0) is 4.79 Å². The van der Waals surface area contributed by atoms with E-state index in [4.69, 9.17) is 14.3 Å². The van der Waals surface area contributed by atoms with E-state index in [2.05, 4.69) is 5.32 Å². The number of furan rings is 1. The van der Waals surface area contributed by atoms with Gasteiger partial charge in [-0.05, 0) is 78.9 Å². The molecule has 0 spiro atoms. The van der Waals surface area contributed by atoms with Gasteiger partial charge in [0.2, 0.25) is 11.7 Å². The molecule has 7 nitrogen and oxygen atoms in total. The molecule has 0 saturated carbocycles. The van der Waals surface area contributed by atoms with Gasteiger partial charge in [-0.3, -0.25) is 9.59 Å². The van der Waals surface area contributed by atoms with E-state index in [1.165, 1.54) is 18.2 Å². The third kappa shape index (κ3) is 5.33. The number of nitrogens with zero attached hydrogens (tertiary/aromatic N) is 2. The highest BCUT2D eigenvalue weighted by Gasteiger charge is 2.23. The van der Waals surface area contributed by atoms with Crippen LogP contribution >= 0.6 is 0 Å². The summed E-state index contributed by atoms with van der Waals surface area (Å²) in [6.45, 7) is 0. The van der Waals surface area contributed by atoms with Crippen molar-refractivity contribution in [2.45, 2.75) is 0 Å². The largest absolute Gasteiger partial charge is 0.497 e. The zero-order valence-electron chi connectivity index (χ0n) is 22.5. The molecule has 6 aromatic rings. The van der Waals surface area contributed by atoms with Gasteiger partial charge >= 0.3 is 0 Å². The molecule has 0 aliphatic heterocycles. The number of para-hydroxylation sites is 2. The number of carbonyl (C=O) groups is 2. The molecule has 0 saturated heterocycles. The molecule has 0 aliphatic rings. The molecule has 2 heterocycles. The summed E-state index contributed by atoms with van der Waals surface area (Å²) >= 11 is 0. The van der Waals surface area contributed by atoms with E-state index in [9.17, 15) is 14.0 Å². The van der Waals surface area contributed by atoms with Crippen LogP contribution in [0.2, 0.25) is 0 Å². The summed E-state index contributed by atoms with van der Waals surface area (Å²) in [6.07, 6.45) is 4.79. The molecule has 4 aromatic carbocycles. The average Bonchev–Trinajstić information content (AvgIpc) is 3.62. The molecular weight excluding hydrogens is 533 g/mol. The molecule has 206 valence electrons. The SMILES string of the molecule is COc1ccc(C(=O)c2oc3ccccc3c2NC(=O)C=Cc2cn(-c3ccccc3)nc2-c2ccc(F)cc2)cc1. The maximum atomic E-state index is 13.6. The number of amides is 1. The van der Waals surface area contributed by atoms with Crippen LogP contribution in [0, 0.1) is 5.82 Å². The lowest BCUT2D eigenvalue weighted by Crippen LogP contribution is -2.11. The second-order valence-corrected chi connectivity index (χ2v) is 9.40. The van der Waals surface area contributed by atoms with E-state index >= 15 is 0 Å². The fourth-order valence-electron chi connectivity index (χ4n) is 4.59. The van der Waals surface area contributed by atoms with Gasteiger partial charge in [-0.2, -0.15) is 5.10 Å². The Balaban J connectivity index is 1.33. The Morgan fingerprint density at radius 3 is 2.36 bits per heavy atom. The highest BCUT2D eigenvalue weighted by molar-refractivity contribution is 6.18. The number of ketones is 1. The highest BCUT2D eigenvalue weighted by Crippen LogP contribution is 2.33. The van der Waals surface area contributed by atoms with Crippen molar-refractivity contribution in [1.29, 1.82) is 0 Å². The smallest absolute Gasteiger partial charge is 0.248 e. The first-order chi connectivity index (χ1) is 20.5. The molecule has 2 aromatic heterocycles. The van der Waals surface area contributed by atoms with Crippen molar-refractivity contribution in [3.05, 3.63) is 138 Å². The van der Waals surface area contributed by atoms with Crippen molar-refractivity contribution in [2.75, 3.05) is 12.4 Å². The summed E-state index contributed by atoms with van der Waals surface area (Å²) in [7, 11) is 1.55. The van der Waals surface area contributed by atoms with Crippen LogP contribution in [0.4, 0.5) is 10.1 Å². The lowest BCUT2D eigenvalue weighted by atomic mass is 10.1. The van der Waals surface area contributed by atoms with E-state index in [0.29, 0.717) is 39.1 Å². The van der Waals surface area contributed by atoms with Crippen molar-refractivity contribution < 1.29 is 23.1 Å². The molecule has 42 heavy (non-hydrogen) atoms. The molecule has 0 fully saturated rings. The number of rotatable bonds is 8. The zero-order valence-corrected chi connectivity index (χ0v) is 22.5. The Hall–Kier alpha value is -5.76. The van der Waals surface area contributed by atoms with Gasteiger partial charge in [0.1, 0.15) is 17.1 Å². The molecule has 0 bridgehead atoms. The van der Waals surface area contributed by atoms with E-state index in [-0.39, 0.29) is 23.0 Å². The lowest BCUT2D eigenvalue weighted by molar-refractivity contribution is -0.111. The summed E-state index contributed by atoms with van der Waals surface area (Å²) in [6, 6.07) is 29.3. The summed E-state index contributed by atoms with van der Waals surface area (Å²) in [4.78, 5) is 26.7. The van der Waals surface area contributed by atoms with Gasteiger partial charge in [-0.15, -0.1) is 0 Å². The second kappa shape index (κ2) is 11.4. The highest BCUT2D eigenvalue weighted by atomic mass is 19.1. The van der Waals surface area contributed by atoms with Crippen molar-refractivity contribution in [3.8, 4) is 22.7 Å². The van der Waals surface area contributed by atoms with Gasteiger partial charge in [-0.1, -0.05) is 30.3 Å². The van der Waals surface area contributed by atoms with Crippen LogP contribution in [0.15, 0.2) is 120 Å². The van der Waals surface area contributed by atoms with Crippen molar-refractivity contribution in [2.24, 2.45) is 0 Å². The number of anilines is 1. The first kappa shape index (κ1) is 26.5. The van der Waals surface area contributed by atoms with E-state index < -0.39 is 5.91 Å². The molecule has 6 rings (SSSR count). The number of carbonyl (C=O) groups excluding carboxylic acids is 2. The number of hydrogen-bond acceptors (Lipinski definition) is 5. The van der Waals surface area contributed by atoms with Crippen LogP contribution in [0.1, 0.15) is 21.7 Å². The zero-order chi connectivity index (χ0) is 29.1. The van der Waals surface area contributed by atoms with Gasteiger partial charge in [0.25, 0.3) is 0 Å². The Bertz CT molecular complexity index is 1920. The van der Waals surface area contributed by atoms with Crippen LogP contribution in [0.5, 0.6) is 5.75 Å². The van der Waals surface area contributed by atoms with Crippen molar-refractivity contribution in [3.63, 3.8) is 0 Å². The Kier molecular flexibility index (Phi) is 7.17. The third-order valence-electron chi connectivity index (χ3n) is 6.70. The van der Waals surface area contributed by atoms with Gasteiger partial charge in [0.15, 0.2) is 5.76 Å². The molecule has 1 N–H and O–H groups in total. The number of fused-ring (bicyclic) bond motifs is 1. The van der Waals surface area contributed by atoms with Gasteiger partial charge < -0.3 is 14.5 Å². The number of benzene rings is 4. The molecule has 0 atom stereocenters. The minimum absolute atomic E-state index is 0.0204. The van der Waals surface area contributed by atoms with Crippen LogP contribution < -0.4 is 10.1 Å². The predicted octanol–water partition coefficient (Wildman–Crippen LogP) is 7.32.